The van der Waals surface area contributed by atoms with Gasteiger partial charge in [0.15, 0.2) is 0 Å². The number of ether oxygens (including phenoxy) is 1. The maximum absolute atomic E-state index is 9.96. The standard InChI is InChI=1S/C27H26N4O/c28-17-22(15-20-5-3-6-21-18-29-10-9-24(20)21)26-19-30-27-8-7-23(16-25(26)27)32-14-4-13-31-11-1-2-12-31/h3,5-10,15-16,18-19,30H,1-2,4,11-14H2/b22-15+. The summed E-state index contributed by atoms with van der Waals surface area (Å²) in [4.78, 5) is 10.00. The number of hydrogen-bond donors (Lipinski definition) is 1. The first-order valence-electron chi connectivity index (χ1n) is 11.2. The number of likely N-dealkylation sites (tertiary alicyclic amines) is 1. The molecule has 4 aromatic rings. The van der Waals surface area contributed by atoms with Crippen LogP contribution in [0.1, 0.15) is 30.4 Å². The van der Waals surface area contributed by atoms with Gasteiger partial charge in [0.1, 0.15) is 5.75 Å². The van der Waals surface area contributed by atoms with Gasteiger partial charge < -0.3 is 14.6 Å². The van der Waals surface area contributed by atoms with E-state index < -0.39 is 0 Å². The predicted octanol–water partition coefficient (Wildman–Crippen LogP) is 5.64. The van der Waals surface area contributed by atoms with Crippen molar-refractivity contribution < 1.29 is 4.74 Å². The number of pyridine rings is 1. The summed E-state index contributed by atoms with van der Waals surface area (Å²) in [6.07, 6.45) is 11.1. The Morgan fingerprint density at radius 2 is 2.06 bits per heavy atom. The second kappa shape index (κ2) is 9.25. The van der Waals surface area contributed by atoms with E-state index in [4.69, 9.17) is 4.74 Å². The van der Waals surface area contributed by atoms with Crippen molar-refractivity contribution in [1.29, 1.82) is 5.26 Å². The van der Waals surface area contributed by atoms with Crippen molar-refractivity contribution in [3.8, 4) is 11.8 Å². The summed E-state index contributed by atoms with van der Waals surface area (Å²) in [5, 5.41) is 13.1. The van der Waals surface area contributed by atoms with Gasteiger partial charge in [0.25, 0.3) is 0 Å². The molecule has 1 aliphatic heterocycles. The largest absolute Gasteiger partial charge is 0.494 e. The fraction of sp³-hybridized carbons (Fsp3) is 0.259. The minimum absolute atomic E-state index is 0.617. The third kappa shape index (κ3) is 4.23. The highest BCUT2D eigenvalue weighted by atomic mass is 16.5. The topological polar surface area (TPSA) is 64.9 Å². The molecule has 0 radical (unpaired) electrons. The summed E-state index contributed by atoms with van der Waals surface area (Å²) >= 11 is 0. The van der Waals surface area contributed by atoms with Crippen molar-refractivity contribution in [2.45, 2.75) is 19.3 Å². The molecule has 160 valence electrons. The smallest absolute Gasteiger partial charge is 0.120 e. The maximum atomic E-state index is 9.96. The summed E-state index contributed by atoms with van der Waals surface area (Å²) in [7, 11) is 0. The van der Waals surface area contributed by atoms with Crippen LogP contribution >= 0.6 is 0 Å². The number of nitrogens with one attached hydrogen (secondary N) is 1. The van der Waals surface area contributed by atoms with Crippen LogP contribution in [0.25, 0.3) is 33.3 Å². The molecule has 1 aliphatic rings. The van der Waals surface area contributed by atoms with Crippen molar-refractivity contribution in [2.75, 3.05) is 26.2 Å². The van der Waals surface area contributed by atoms with E-state index in [-0.39, 0.29) is 0 Å². The molecule has 0 saturated carbocycles. The van der Waals surface area contributed by atoms with Gasteiger partial charge in [-0.2, -0.15) is 5.26 Å². The Labute approximate surface area is 188 Å². The molecule has 1 N–H and O–H groups in total. The number of nitriles is 1. The molecule has 5 nitrogen and oxygen atoms in total. The molecule has 1 fully saturated rings. The third-order valence-corrected chi connectivity index (χ3v) is 6.16. The second-order valence-corrected chi connectivity index (χ2v) is 8.27. The summed E-state index contributed by atoms with van der Waals surface area (Å²) in [6.45, 7) is 4.23. The van der Waals surface area contributed by atoms with Crippen molar-refractivity contribution in [1.82, 2.24) is 14.9 Å². The number of H-pyrrole nitrogens is 1. The summed E-state index contributed by atoms with van der Waals surface area (Å²) < 4.78 is 6.04. The number of hydrogen-bond acceptors (Lipinski definition) is 4. The molecular formula is C27H26N4O. The van der Waals surface area contributed by atoms with Gasteiger partial charge in [-0.25, -0.2) is 0 Å². The predicted molar refractivity (Wildman–Crippen MR) is 129 cm³/mol. The number of fused-ring (bicyclic) bond motifs is 2. The number of rotatable bonds is 7. The van der Waals surface area contributed by atoms with Crippen molar-refractivity contribution in [3.63, 3.8) is 0 Å². The Morgan fingerprint density at radius 3 is 2.94 bits per heavy atom. The normalized spacial score (nSPS) is 14.8. The van der Waals surface area contributed by atoms with Gasteiger partial charge in [0.05, 0.1) is 18.2 Å². The van der Waals surface area contributed by atoms with Gasteiger partial charge in [-0.3, -0.25) is 4.98 Å². The highest BCUT2D eigenvalue weighted by Gasteiger charge is 2.12. The minimum atomic E-state index is 0.617. The van der Waals surface area contributed by atoms with E-state index in [2.05, 4.69) is 20.9 Å². The molecule has 0 unspecified atom stereocenters. The molecule has 0 atom stereocenters. The van der Waals surface area contributed by atoms with E-state index >= 15 is 0 Å². The zero-order valence-corrected chi connectivity index (χ0v) is 18.1. The zero-order chi connectivity index (χ0) is 21.8. The minimum Gasteiger partial charge on any atom is -0.494 e. The summed E-state index contributed by atoms with van der Waals surface area (Å²) in [5.74, 6) is 0.841. The van der Waals surface area contributed by atoms with Gasteiger partial charge in [-0.1, -0.05) is 18.2 Å². The molecule has 3 heterocycles. The molecule has 5 heteroatoms. The lowest BCUT2D eigenvalue weighted by Crippen LogP contribution is -2.21. The van der Waals surface area contributed by atoms with Gasteiger partial charge in [0, 0.05) is 47.0 Å². The molecule has 2 aromatic heterocycles. The number of aromatic amines is 1. The molecule has 32 heavy (non-hydrogen) atoms. The average Bonchev–Trinajstić information content (AvgIpc) is 3.50. The summed E-state index contributed by atoms with van der Waals surface area (Å²) in [6, 6.07) is 16.5. The first kappa shape index (κ1) is 20.3. The fourth-order valence-corrected chi connectivity index (χ4v) is 4.50. The van der Waals surface area contributed by atoms with Crippen LogP contribution in [0.15, 0.2) is 61.1 Å². The summed E-state index contributed by atoms with van der Waals surface area (Å²) in [5.41, 5.74) is 3.50. The van der Waals surface area contributed by atoms with E-state index in [1.807, 2.05) is 60.9 Å². The fourth-order valence-electron chi connectivity index (χ4n) is 4.50. The SMILES string of the molecule is N#C/C(=C\c1cccc2cnccc12)c1c[nH]c2ccc(OCCCN3CCCC3)cc12. The van der Waals surface area contributed by atoms with Gasteiger partial charge in [-0.05, 0) is 73.6 Å². The average molecular weight is 423 g/mol. The van der Waals surface area contributed by atoms with Crippen LogP contribution in [-0.2, 0) is 0 Å². The van der Waals surface area contributed by atoms with Gasteiger partial charge in [-0.15, -0.1) is 0 Å². The van der Waals surface area contributed by atoms with Crippen LogP contribution < -0.4 is 4.74 Å². The lowest BCUT2D eigenvalue weighted by molar-refractivity contribution is 0.263. The molecular weight excluding hydrogens is 396 g/mol. The molecule has 0 aliphatic carbocycles. The molecule has 0 spiro atoms. The first-order chi connectivity index (χ1) is 15.8. The van der Waals surface area contributed by atoms with E-state index in [0.717, 1.165) is 51.5 Å². The third-order valence-electron chi connectivity index (χ3n) is 6.16. The van der Waals surface area contributed by atoms with Crippen LogP contribution in [0.2, 0.25) is 0 Å². The number of nitrogens with zero attached hydrogens (tertiary/aromatic N) is 3. The van der Waals surface area contributed by atoms with Crippen LogP contribution in [-0.4, -0.2) is 41.1 Å². The van der Waals surface area contributed by atoms with Crippen LogP contribution in [0.5, 0.6) is 5.75 Å². The van der Waals surface area contributed by atoms with E-state index in [9.17, 15) is 5.26 Å². The van der Waals surface area contributed by atoms with Crippen molar-refractivity contribution in [2.24, 2.45) is 0 Å². The van der Waals surface area contributed by atoms with Gasteiger partial charge >= 0.3 is 0 Å². The van der Waals surface area contributed by atoms with Crippen LogP contribution in [0.3, 0.4) is 0 Å². The van der Waals surface area contributed by atoms with Crippen LogP contribution in [0, 0.1) is 11.3 Å². The lowest BCUT2D eigenvalue weighted by atomic mass is 10.00. The maximum Gasteiger partial charge on any atom is 0.120 e. The Bertz CT molecular complexity index is 1300. The Hall–Kier alpha value is -3.62. The number of aromatic nitrogens is 2. The van der Waals surface area contributed by atoms with E-state index in [0.29, 0.717) is 12.2 Å². The Kier molecular flexibility index (Phi) is 5.87. The Morgan fingerprint density at radius 1 is 1.16 bits per heavy atom. The van der Waals surface area contributed by atoms with Crippen molar-refractivity contribution in [3.05, 3.63) is 72.2 Å². The van der Waals surface area contributed by atoms with Crippen LogP contribution in [0.4, 0.5) is 0 Å². The van der Waals surface area contributed by atoms with Gasteiger partial charge in [0.2, 0.25) is 0 Å². The first-order valence-corrected chi connectivity index (χ1v) is 11.2. The monoisotopic (exact) mass is 422 g/mol. The Balaban J connectivity index is 1.39. The quantitative estimate of drug-likeness (QED) is 0.309. The molecule has 0 bridgehead atoms. The molecule has 2 aromatic carbocycles. The van der Waals surface area contributed by atoms with E-state index in [1.165, 1.54) is 25.9 Å². The number of benzene rings is 2. The second-order valence-electron chi connectivity index (χ2n) is 8.27. The lowest BCUT2D eigenvalue weighted by Gasteiger charge is -2.14. The zero-order valence-electron chi connectivity index (χ0n) is 18.1. The van der Waals surface area contributed by atoms with Crippen molar-refractivity contribution >= 4 is 33.3 Å². The van der Waals surface area contributed by atoms with E-state index in [1.54, 1.807) is 6.20 Å². The molecule has 1 saturated heterocycles. The highest BCUT2D eigenvalue weighted by Crippen LogP contribution is 2.30. The molecule has 5 rings (SSSR count). The number of allylic oxidation sites excluding steroid dienone is 1. The highest BCUT2D eigenvalue weighted by molar-refractivity contribution is 6.04. The molecule has 0 amide bonds.